The summed E-state index contributed by atoms with van der Waals surface area (Å²) >= 11 is 0. The third-order valence-corrected chi connectivity index (χ3v) is 5.24. The highest BCUT2D eigenvalue weighted by Crippen LogP contribution is 2.65. The van der Waals surface area contributed by atoms with Gasteiger partial charge in [0.15, 0.2) is 5.60 Å². The van der Waals surface area contributed by atoms with Crippen molar-refractivity contribution in [2.24, 2.45) is 10.8 Å². The number of fused-ring (bicyclic) bond motifs is 2. The average Bonchev–Trinajstić information content (AvgIpc) is 2.68. The van der Waals surface area contributed by atoms with Crippen molar-refractivity contribution in [1.82, 2.24) is 4.90 Å². The molecule has 6 nitrogen and oxygen atoms in total. The summed E-state index contributed by atoms with van der Waals surface area (Å²) in [6, 6.07) is 3.75. The summed E-state index contributed by atoms with van der Waals surface area (Å²) in [6.45, 7) is 5.15. The summed E-state index contributed by atoms with van der Waals surface area (Å²) in [7, 11) is 0. The molecule has 0 spiro atoms. The number of ether oxygens (including phenoxy) is 1. The maximum absolute atomic E-state index is 12.8. The van der Waals surface area contributed by atoms with Gasteiger partial charge in [-0.1, -0.05) is 13.8 Å². The molecule has 20 heavy (non-hydrogen) atoms. The lowest BCUT2D eigenvalue weighted by atomic mass is 9.66. The second-order valence-corrected chi connectivity index (χ2v) is 6.15. The number of hydrogen-bond donors (Lipinski definition) is 0. The van der Waals surface area contributed by atoms with Crippen molar-refractivity contribution in [2.45, 2.75) is 39.2 Å². The summed E-state index contributed by atoms with van der Waals surface area (Å²) < 4.78 is 5.45. The Morgan fingerprint density at radius 3 is 2.15 bits per heavy atom. The highest BCUT2D eigenvalue weighted by Gasteiger charge is 2.76. The van der Waals surface area contributed by atoms with E-state index in [0.29, 0.717) is 12.8 Å². The standard InChI is InChI=1S/C14H17N3O3/c1-12(2)13(3)4-5-14(12,20-11(13)19)10(18)17(8-6-15)9-7-16/h4-5,8-9H2,1-3H3/t13-,14-/m1/s1. The van der Waals surface area contributed by atoms with Crippen molar-refractivity contribution >= 4 is 11.9 Å². The first-order valence-corrected chi connectivity index (χ1v) is 6.53. The number of carbonyl (C=O) groups is 2. The first-order chi connectivity index (χ1) is 9.27. The van der Waals surface area contributed by atoms with Gasteiger partial charge >= 0.3 is 5.97 Å². The second-order valence-electron chi connectivity index (χ2n) is 6.15. The van der Waals surface area contributed by atoms with Crippen LogP contribution in [0.25, 0.3) is 0 Å². The van der Waals surface area contributed by atoms with Gasteiger partial charge < -0.3 is 9.64 Å². The molecule has 1 aliphatic carbocycles. The fraction of sp³-hybridized carbons (Fsp3) is 0.714. The molecule has 0 radical (unpaired) electrons. The molecular formula is C14H17N3O3. The first-order valence-electron chi connectivity index (χ1n) is 6.53. The lowest BCUT2D eigenvalue weighted by Gasteiger charge is -2.37. The lowest BCUT2D eigenvalue weighted by Crippen LogP contribution is -2.55. The number of nitrogens with zero attached hydrogens (tertiary/aromatic N) is 3. The molecule has 0 aromatic heterocycles. The van der Waals surface area contributed by atoms with Crippen LogP contribution in [0.4, 0.5) is 0 Å². The molecule has 1 aliphatic heterocycles. The molecular weight excluding hydrogens is 258 g/mol. The summed E-state index contributed by atoms with van der Waals surface area (Å²) in [5, 5.41) is 17.6. The van der Waals surface area contributed by atoms with E-state index in [4.69, 9.17) is 15.3 Å². The molecule has 6 heteroatoms. The molecule has 0 aromatic carbocycles. The molecule has 1 saturated carbocycles. The topological polar surface area (TPSA) is 94.2 Å². The van der Waals surface area contributed by atoms with Crippen LogP contribution in [-0.2, 0) is 14.3 Å². The number of rotatable bonds is 3. The van der Waals surface area contributed by atoms with Crippen molar-refractivity contribution in [3.63, 3.8) is 0 Å². The lowest BCUT2D eigenvalue weighted by molar-refractivity contribution is -0.173. The van der Waals surface area contributed by atoms with Gasteiger partial charge in [0.25, 0.3) is 5.91 Å². The molecule has 0 aromatic rings. The largest absolute Gasteiger partial charge is 0.448 e. The third-order valence-electron chi connectivity index (χ3n) is 5.24. The molecule has 2 aliphatic rings. The predicted octanol–water partition coefficient (Wildman–Crippen LogP) is 0.984. The molecule has 1 saturated heterocycles. The smallest absolute Gasteiger partial charge is 0.313 e. The number of amides is 1. The fourth-order valence-corrected chi connectivity index (χ4v) is 3.35. The molecule has 2 bridgehead atoms. The summed E-state index contributed by atoms with van der Waals surface area (Å²) in [4.78, 5) is 26.0. The summed E-state index contributed by atoms with van der Waals surface area (Å²) in [5.41, 5.74) is -2.59. The third kappa shape index (κ3) is 1.42. The van der Waals surface area contributed by atoms with Gasteiger partial charge in [-0.2, -0.15) is 10.5 Å². The van der Waals surface area contributed by atoms with Gasteiger partial charge in [-0.3, -0.25) is 9.59 Å². The van der Waals surface area contributed by atoms with Crippen molar-refractivity contribution in [3.8, 4) is 12.1 Å². The minimum absolute atomic E-state index is 0.182. The van der Waals surface area contributed by atoms with Crippen LogP contribution < -0.4 is 0 Å². The van der Waals surface area contributed by atoms with Gasteiger partial charge in [-0.15, -0.1) is 0 Å². The minimum atomic E-state index is -1.24. The van der Waals surface area contributed by atoms with Gasteiger partial charge in [-0.25, -0.2) is 0 Å². The average molecular weight is 275 g/mol. The Labute approximate surface area is 117 Å². The van der Waals surface area contributed by atoms with E-state index in [1.807, 2.05) is 32.9 Å². The van der Waals surface area contributed by atoms with E-state index in [2.05, 4.69) is 0 Å². The normalized spacial score (nSPS) is 33.1. The Morgan fingerprint density at radius 2 is 1.80 bits per heavy atom. The zero-order valence-electron chi connectivity index (χ0n) is 11.9. The van der Waals surface area contributed by atoms with Gasteiger partial charge in [0, 0.05) is 5.41 Å². The molecule has 2 atom stereocenters. The van der Waals surface area contributed by atoms with Crippen molar-refractivity contribution in [1.29, 1.82) is 10.5 Å². The Hall–Kier alpha value is -2.08. The van der Waals surface area contributed by atoms with Crippen LogP contribution in [-0.4, -0.2) is 35.5 Å². The Balaban J connectivity index is 2.42. The maximum atomic E-state index is 12.8. The molecule has 0 N–H and O–H groups in total. The Kier molecular flexibility index (Phi) is 3.02. The van der Waals surface area contributed by atoms with E-state index in [-0.39, 0.29) is 19.1 Å². The zero-order chi connectivity index (χ0) is 15.2. The van der Waals surface area contributed by atoms with Gasteiger partial charge in [-0.05, 0) is 19.8 Å². The minimum Gasteiger partial charge on any atom is -0.448 e. The monoisotopic (exact) mass is 275 g/mol. The number of esters is 1. The zero-order valence-corrected chi connectivity index (χ0v) is 11.9. The maximum Gasteiger partial charge on any atom is 0.313 e. The molecule has 1 heterocycles. The van der Waals surface area contributed by atoms with Gasteiger partial charge in [0.2, 0.25) is 0 Å². The van der Waals surface area contributed by atoms with Crippen LogP contribution >= 0.6 is 0 Å². The molecule has 106 valence electrons. The van der Waals surface area contributed by atoms with Crippen LogP contribution in [0.5, 0.6) is 0 Å². The summed E-state index contributed by atoms with van der Waals surface area (Å²) in [5.74, 6) is -0.795. The van der Waals surface area contributed by atoms with E-state index in [9.17, 15) is 9.59 Å². The molecule has 0 unspecified atom stereocenters. The second kappa shape index (κ2) is 4.21. The van der Waals surface area contributed by atoms with Crippen LogP contribution in [0.1, 0.15) is 33.6 Å². The van der Waals surface area contributed by atoms with Crippen molar-refractivity contribution in [3.05, 3.63) is 0 Å². The SMILES string of the molecule is CC1(C)[C@]2(C)CC[C@]1(C(=O)N(CC#N)CC#N)OC2=O. The fourth-order valence-electron chi connectivity index (χ4n) is 3.35. The molecule has 2 fully saturated rings. The van der Waals surface area contributed by atoms with E-state index < -0.39 is 22.3 Å². The van der Waals surface area contributed by atoms with Crippen molar-refractivity contribution in [2.75, 3.05) is 13.1 Å². The quantitative estimate of drug-likeness (QED) is 0.565. The number of hydrogen-bond acceptors (Lipinski definition) is 5. The van der Waals surface area contributed by atoms with E-state index in [1.165, 1.54) is 0 Å². The number of nitriles is 2. The van der Waals surface area contributed by atoms with Crippen LogP contribution in [0.15, 0.2) is 0 Å². The van der Waals surface area contributed by atoms with E-state index >= 15 is 0 Å². The molecule has 1 amide bonds. The first kappa shape index (κ1) is 14.3. The molecule has 2 rings (SSSR count). The van der Waals surface area contributed by atoms with Crippen LogP contribution in [0.2, 0.25) is 0 Å². The van der Waals surface area contributed by atoms with Crippen molar-refractivity contribution < 1.29 is 14.3 Å². The van der Waals surface area contributed by atoms with Gasteiger partial charge in [0.05, 0.1) is 17.6 Å². The van der Waals surface area contributed by atoms with Crippen LogP contribution in [0, 0.1) is 33.5 Å². The Morgan fingerprint density at radius 1 is 1.25 bits per heavy atom. The predicted molar refractivity (Wildman–Crippen MR) is 67.8 cm³/mol. The number of carbonyl (C=O) groups excluding carboxylic acids is 2. The Bertz CT molecular complexity index is 541. The highest BCUT2D eigenvalue weighted by atomic mass is 16.6. The van der Waals surface area contributed by atoms with Crippen LogP contribution in [0.3, 0.4) is 0 Å². The van der Waals surface area contributed by atoms with E-state index in [0.717, 1.165) is 4.90 Å². The van der Waals surface area contributed by atoms with E-state index in [1.54, 1.807) is 0 Å². The van der Waals surface area contributed by atoms with Gasteiger partial charge in [0.1, 0.15) is 13.1 Å². The highest BCUT2D eigenvalue weighted by molar-refractivity contribution is 5.96. The summed E-state index contributed by atoms with van der Waals surface area (Å²) in [6.07, 6.45) is 1.02.